The summed E-state index contributed by atoms with van der Waals surface area (Å²) in [5.74, 6) is -0.631. The lowest BCUT2D eigenvalue weighted by molar-refractivity contribution is -0.127. The lowest BCUT2D eigenvalue weighted by Crippen LogP contribution is -2.49. The zero-order chi connectivity index (χ0) is 24.5. The molecule has 2 bridgehead atoms. The van der Waals surface area contributed by atoms with Gasteiger partial charge in [-0.3, -0.25) is 14.7 Å². The zero-order valence-electron chi connectivity index (χ0n) is 19.1. The van der Waals surface area contributed by atoms with Gasteiger partial charge in [0.1, 0.15) is 5.69 Å². The van der Waals surface area contributed by atoms with Crippen LogP contribution < -0.4 is 10.1 Å². The van der Waals surface area contributed by atoms with Gasteiger partial charge < -0.3 is 15.0 Å². The van der Waals surface area contributed by atoms with Crippen LogP contribution in [0.25, 0.3) is 11.3 Å². The summed E-state index contributed by atoms with van der Waals surface area (Å²) in [6.45, 7) is 0.418. The highest BCUT2D eigenvalue weighted by Crippen LogP contribution is 2.40. The van der Waals surface area contributed by atoms with Gasteiger partial charge in [-0.25, -0.2) is 9.37 Å². The Morgan fingerprint density at radius 1 is 1.23 bits per heavy atom. The third-order valence-electron chi connectivity index (χ3n) is 6.82. The van der Waals surface area contributed by atoms with Crippen molar-refractivity contribution >= 4 is 23.4 Å². The summed E-state index contributed by atoms with van der Waals surface area (Å²) in [6, 6.07) is 10.3. The number of aromatic nitrogens is 3. The van der Waals surface area contributed by atoms with Crippen LogP contribution in [-0.2, 0) is 11.3 Å². The molecule has 1 aromatic carbocycles. The Morgan fingerprint density at radius 2 is 2.00 bits per heavy atom. The normalized spacial score (nSPS) is 21.1. The first-order valence-electron chi connectivity index (χ1n) is 11.5. The molecule has 2 atom stereocenters. The van der Waals surface area contributed by atoms with Crippen LogP contribution in [0.5, 0.6) is 5.88 Å². The summed E-state index contributed by atoms with van der Waals surface area (Å²) < 4.78 is 19.4. The number of H-pyrrole nitrogens is 1. The monoisotopic (exact) mass is 497 g/mol. The second-order valence-electron chi connectivity index (χ2n) is 8.99. The Bertz CT molecular complexity index is 1250. The van der Waals surface area contributed by atoms with E-state index in [-0.39, 0.29) is 47.0 Å². The molecule has 0 spiro atoms. The first-order chi connectivity index (χ1) is 16.9. The summed E-state index contributed by atoms with van der Waals surface area (Å²) >= 11 is 6.03. The molecule has 10 heteroatoms. The number of nitrogens with zero attached hydrogens (tertiary/aromatic N) is 3. The molecule has 0 aliphatic carbocycles. The number of piperidine rings is 1. The first kappa shape index (κ1) is 23.3. The number of hydrogen-bond acceptors (Lipinski definition) is 5. The SMILES string of the molecule is COc1cc(-c2cc(C(=O)N3[C@H]4CC[C@H]3CC(C(=O)NCc3cccc(Cl)c3)C4)[nH]n2)c(F)cn1. The second kappa shape index (κ2) is 9.65. The number of carbonyl (C=O) groups excluding carboxylic acids is 2. The predicted molar refractivity (Wildman–Crippen MR) is 127 cm³/mol. The highest BCUT2D eigenvalue weighted by atomic mass is 35.5. The number of methoxy groups -OCH3 is 1. The zero-order valence-corrected chi connectivity index (χ0v) is 19.9. The molecule has 2 amide bonds. The number of fused-ring (bicyclic) bond motifs is 2. The minimum Gasteiger partial charge on any atom is -0.481 e. The van der Waals surface area contributed by atoms with Gasteiger partial charge in [-0.2, -0.15) is 5.10 Å². The Balaban J connectivity index is 1.25. The van der Waals surface area contributed by atoms with Gasteiger partial charge in [0.05, 0.1) is 19.0 Å². The molecule has 2 aliphatic heterocycles. The number of nitrogens with one attached hydrogen (secondary N) is 2. The fraction of sp³-hybridized carbons (Fsp3) is 0.360. The van der Waals surface area contributed by atoms with Gasteiger partial charge in [0.2, 0.25) is 11.8 Å². The summed E-state index contributed by atoms with van der Waals surface area (Å²) in [7, 11) is 1.44. The van der Waals surface area contributed by atoms with E-state index in [2.05, 4.69) is 20.5 Å². The molecule has 4 heterocycles. The third-order valence-corrected chi connectivity index (χ3v) is 7.05. The molecule has 182 valence electrons. The van der Waals surface area contributed by atoms with E-state index in [1.807, 2.05) is 23.1 Å². The fourth-order valence-corrected chi connectivity index (χ4v) is 5.35. The number of rotatable bonds is 6. The van der Waals surface area contributed by atoms with E-state index in [0.717, 1.165) is 24.6 Å². The van der Waals surface area contributed by atoms with Crippen molar-refractivity contribution in [1.29, 1.82) is 0 Å². The van der Waals surface area contributed by atoms with Crippen molar-refractivity contribution in [2.75, 3.05) is 7.11 Å². The number of carbonyl (C=O) groups is 2. The smallest absolute Gasteiger partial charge is 0.272 e. The Hall–Kier alpha value is -3.46. The van der Waals surface area contributed by atoms with Crippen LogP contribution in [0, 0.1) is 11.7 Å². The largest absolute Gasteiger partial charge is 0.481 e. The summed E-state index contributed by atoms with van der Waals surface area (Å²) in [5.41, 5.74) is 1.73. The second-order valence-corrected chi connectivity index (χ2v) is 9.42. The number of benzene rings is 1. The lowest BCUT2D eigenvalue weighted by Gasteiger charge is -2.38. The first-order valence-corrected chi connectivity index (χ1v) is 11.9. The molecule has 0 saturated carbocycles. The maximum atomic E-state index is 14.3. The van der Waals surface area contributed by atoms with Gasteiger partial charge in [-0.1, -0.05) is 23.7 Å². The van der Waals surface area contributed by atoms with Gasteiger partial charge >= 0.3 is 0 Å². The van der Waals surface area contributed by atoms with E-state index in [4.69, 9.17) is 16.3 Å². The summed E-state index contributed by atoms with van der Waals surface area (Å²) in [4.78, 5) is 31.9. The lowest BCUT2D eigenvalue weighted by atomic mass is 9.89. The van der Waals surface area contributed by atoms with Crippen molar-refractivity contribution in [3.63, 3.8) is 0 Å². The molecular weight excluding hydrogens is 473 g/mol. The number of aromatic amines is 1. The number of amides is 2. The van der Waals surface area contributed by atoms with Crippen molar-refractivity contribution in [3.8, 4) is 17.1 Å². The third kappa shape index (κ3) is 4.73. The number of pyridine rings is 1. The standard InChI is InChI=1S/C25H25ClFN5O3/c1-35-23-10-19(20(27)13-28-23)21-11-22(31-30-21)25(34)32-17-5-6-18(32)9-15(8-17)24(33)29-12-14-3-2-4-16(26)7-14/h2-4,7,10-11,13,15,17-18H,5-6,8-9,12H2,1H3,(H,29,33)(H,30,31)/t17-,18-/m0/s1. The maximum Gasteiger partial charge on any atom is 0.272 e. The summed E-state index contributed by atoms with van der Waals surface area (Å²) in [6.07, 6.45) is 3.99. The molecule has 2 aromatic heterocycles. The Labute approximate surface area is 206 Å². The van der Waals surface area contributed by atoms with Crippen LogP contribution in [-0.4, -0.2) is 51.1 Å². The van der Waals surface area contributed by atoms with Crippen LogP contribution >= 0.6 is 11.6 Å². The van der Waals surface area contributed by atoms with Gasteiger partial charge in [0.25, 0.3) is 5.91 Å². The molecule has 0 unspecified atom stereocenters. The average molecular weight is 498 g/mol. The summed E-state index contributed by atoms with van der Waals surface area (Å²) in [5, 5.41) is 10.5. The molecule has 2 N–H and O–H groups in total. The quantitative estimate of drug-likeness (QED) is 0.536. The highest BCUT2D eigenvalue weighted by molar-refractivity contribution is 6.30. The molecule has 8 nitrogen and oxygen atoms in total. The van der Waals surface area contributed by atoms with Crippen LogP contribution in [0.15, 0.2) is 42.6 Å². The minimum absolute atomic E-state index is 0.0000828. The van der Waals surface area contributed by atoms with Crippen molar-refractivity contribution in [2.24, 2.45) is 5.92 Å². The number of ether oxygens (including phenoxy) is 1. The molecular formula is C25H25ClFN5O3. The van der Waals surface area contributed by atoms with Crippen molar-refractivity contribution < 1.29 is 18.7 Å². The number of hydrogen-bond donors (Lipinski definition) is 2. The average Bonchev–Trinajstić information content (AvgIpc) is 3.45. The van der Waals surface area contributed by atoms with Crippen LogP contribution in [0.4, 0.5) is 4.39 Å². The molecule has 2 saturated heterocycles. The van der Waals surface area contributed by atoms with Crippen molar-refractivity contribution in [3.05, 3.63) is 64.7 Å². The van der Waals surface area contributed by atoms with Crippen LogP contribution in [0.1, 0.15) is 41.7 Å². The topological polar surface area (TPSA) is 100 Å². The van der Waals surface area contributed by atoms with E-state index >= 15 is 0 Å². The maximum absolute atomic E-state index is 14.3. The Morgan fingerprint density at radius 3 is 2.71 bits per heavy atom. The predicted octanol–water partition coefficient (Wildman–Crippen LogP) is 3.97. The molecule has 2 fully saturated rings. The van der Waals surface area contributed by atoms with Crippen molar-refractivity contribution in [1.82, 2.24) is 25.4 Å². The van der Waals surface area contributed by atoms with E-state index in [1.165, 1.54) is 13.2 Å². The Kier molecular flexibility index (Phi) is 6.42. The van der Waals surface area contributed by atoms with Gasteiger partial charge in [-0.15, -0.1) is 0 Å². The van der Waals surface area contributed by atoms with Gasteiger partial charge in [-0.05, 0) is 49.4 Å². The van der Waals surface area contributed by atoms with Crippen molar-refractivity contribution in [2.45, 2.75) is 44.3 Å². The minimum atomic E-state index is -0.555. The van der Waals surface area contributed by atoms with Crippen LogP contribution in [0.2, 0.25) is 5.02 Å². The molecule has 5 rings (SSSR count). The molecule has 35 heavy (non-hydrogen) atoms. The van der Waals surface area contributed by atoms with E-state index in [0.29, 0.717) is 30.1 Å². The fourth-order valence-electron chi connectivity index (χ4n) is 5.14. The van der Waals surface area contributed by atoms with Crippen LogP contribution in [0.3, 0.4) is 0 Å². The molecule has 3 aromatic rings. The molecule has 0 radical (unpaired) electrons. The van der Waals surface area contributed by atoms with E-state index < -0.39 is 5.82 Å². The number of halogens is 2. The van der Waals surface area contributed by atoms with Gasteiger partial charge in [0.15, 0.2) is 5.82 Å². The molecule has 2 aliphatic rings. The highest BCUT2D eigenvalue weighted by Gasteiger charge is 2.45. The van der Waals surface area contributed by atoms with E-state index in [1.54, 1.807) is 12.1 Å². The van der Waals surface area contributed by atoms with E-state index in [9.17, 15) is 14.0 Å². The van der Waals surface area contributed by atoms with Gasteiger partial charge in [0, 0.05) is 41.2 Å².